The zero-order valence-corrected chi connectivity index (χ0v) is 13.4. The number of halogens is 1. The zero-order valence-electron chi connectivity index (χ0n) is 12.6. The minimum absolute atomic E-state index is 0.0408. The first-order valence-corrected chi connectivity index (χ1v) is 7.53. The lowest BCUT2D eigenvalue weighted by atomic mass is 10.0. The van der Waals surface area contributed by atoms with E-state index in [0.29, 0.717) is 13.0 Å². The number of hydrogen-bond acceptors (Lipinski definition) is 4. The van der Waals surface area contributed by atoms with Gasteiger partial charge in [0.2, 0.25) is 0 Å². The molecule has 0 aliphatic carbocycles. The third-order valence-electron chi connectivity index (χ3n) is 3.15. The van der Waals surface area contributed by atoms with Gasteiger partial charge in [-0.3, -0.25) is 10.2 Å². The average Bonchev–Trinajstić information content (AvgIpc) is 2.42. The Balaban J connectivity index is 4.33. The highest BCUT2D eigenvalue weighted by Crippen LogP contribution is 2.27. The van der Waals surface area contributed by atoms with E-state index in [4.69, 9.17) is 5.41 Å². The van der Waals surface area contributed by atoms with Crippen LogP contribution in [0.2, 0.25) is 0 Å². The third kappa shape index (κ3) is 6.93. The maximum Gasteiger partial charge on any atom is 0.310 e. The first kappa shape index (κ1) is 19.0. The summed E-state index contributed by atoms with van der Waals surface area (Å²) in [7, 11) is 1.34. The number of methoxy groups -OCH3 is 1. The molecule has 0 heterocycles. The van der Waals surface area contributed by atoms with Crippen LogP contribution in [0, 0.1) is 17.2 Å². The quantitative estimate of drug-likeness (QED) is 0.313. The SMILES string of the molecule is C=CC[C@H](SC(=N)NCC(C)C(=O)OC)[C@@H](C)C(C)F. The molecule has 0 radical (unpaired) electrons. The van der Waals surface area contributed by atoms with E-state index in [9.17, 15) is 9.18 Å². The standard InChI is InChI=1S/C14H25FN2O2S/c1-6-7-12(10(3)11(4)15)20-14(16)17-8-9(2)13(18)19-5/h6,9-12H,1,7-8H2,2-5H3,(H2,16,17)/t9?,10-,11?,12-/m0/s1. The second-order valence-corrected chi connectivity index (χ2v) is 6.10. The molecule has 4 atom stereocenters. The van der Waals surface area contributed by atoms with Gasteiger partial charge in [-0.1, -0.05) is 31.7 Å². The molecular formula is C14H25FN2O2S. The van der Waals surface area contributed by atoms with Gasteiger partial charge in [0.05, 0.1) is 13.0 Å². The van der Waals surface area contributed by atoms with Crippen molar-refractivity contribution in [3.8, 4) is 0 Å². The zero-order chi connectivity index (χ0) is 15.7. The Labute approximate surface area is 125 Å². The lowest BCUT2D eigenvalue weighted by molar-refractivity contribution is -0.144. The van der Waals surface area contributed by atoms with Crippen molar-refractivity contribution in [2.75, 3.05) is 13.7 Å². The smallest absolute Gasteiger partial charge is 0.310 e. The van der Waals surface area contributed by atoms with Crippen molar-refractivity contribution < 1.29 is 13.9 Å². The fourth-order valence-electron chi connectivity index (χ4n) is 1.55. The highest BCUT2D eigenvalue weighted by atomic mass is 32.2. The molecule has 116 valence electrons. The summed E-state index contributed by atoms with van der Waals surface area (Å²) in [5, 5.41) is 10.9. The lowest BCUT2D eigenvalue weighted by Crippen LogP contribution is -2.32. The van der Waals surface area contributed by atoms with Crippen molar-refractivity contribution in [1.29, 1.82) is 5.41 Å². The number of carbonyl (C=O) groups excluding carboxylic acids is 1. The van der Waals surface area contributed by atoms with Crippen molar-refractivity contribution in [2.24, 2.45) is 11.8 Å². The second-order valence-electron chi connectivity index (χ2n) is 4.85. The number of alkyl halides is 1. The fraction of sp³-hybridized carbons (Fsp3) is 0.714. The molecule has 2 unspecified atom stereocenters. The summed E-state index contributed by atoms with van der Waals surface area (Å²) in [6.07, 6.45) is 1.44. The molecule has 0 saturated carbocycles. The normalized spacial score (nSPS) is 16.6. The van der Waals surface area contributed by atoms with Gasteiger partial charge in [-0.15, -0.1) is 6.58 Å². The van der Waals surface area contributed by atoms with Crippen molar-refractivity contribution in [2.45, 2.75) is 38.6 Å². The van der Waals surface area contributed by atoms with E-state index < -0.39 is 6.17 Å². The molecule has 2 N–H and O–H groups in total. The van der Waals surface area contributed by atoms with Crippen LogP contribution in [0.3, 0.4) is 0 Å². The molecule has 0 aromatic heterocycles. The molecule has 0 bridgehead atoms. The first-order valence-electron chi connectivity index (χ1n) is 6.65. The van der Waals surface area contributed by atoms with Crippen LogP contribution in [0.1, 0.15) is 27.2 Å². The molecule has 0 fully saturated rings. The predicted molar refractivity (Wildman–Crippen MR) is 82.8 cm³/mol. The molecule has 6 heteroatoms. The van der Waals surface area contributed by atoms with Gasteiger partial charge >= 0.3 is 5.97 Å². The topological polar surface area (TPSA) is 62.2 Å². The number of esters is 1. The summed E-state index contributed by atoms with van der Waals surface area (Å²) >= 11 is 1.28. The average molecular weight is 304 g/mol. The maximum absolute atomic E-state index is 13.4. The highest BCUT2D eigenvalue weighted by molar-refractivity contribution is 8.14. The number of thioether (sulfide) groups is 1. The van der Waals surface area contributed by atoms with Crippen LogP contribution in [0.25, 0.3) is 0 Å². The fourth-order valence-corrected chi connectivity index (χ4v) is 2.69. The van der Waals surface area contributed by atoms with E-state index in [1.165, 1.54) is 25.8 Å². The molecule has 0 aliphatic heterocycles. The van der Waals surface area contributed by atoms with Crippen LogP contribution in [0.15, 0.2) is 12.7 Å². The van der Waals surface area contributed by atoms with Gasteiger partial charge in [-0.25, -0.2) is 4.39 Å². The van der Waals surface area contributed by atoms with Crippen LogP contribution < -0.4 is 5.32 Å². The molecule has 0 amide bonds. The molecule has 4 nitrogen and oxygen atoms in total. The van der Waals surface area contributed by atoms with E-state index in [2.05, 4.69) is 16.6 Å². The van der Waals surface area contributed by atoms with E-state index in [-0.39, 0.29) is 28.2 Å². The highest BCUT2D eigenvalue weighted by Gasteiger charge is 2.24. The van der Waals surface area contributed by atoms with E-state index >= 15 is 0 Å². The number of rotatable bonds is 8. The van der Waals surface area contributed by atoms with Gasteiger partial charge in [0.25, 0.3) is 0 Å². The summed E-state index contributed by atoms with van der Waals surface area (Å²) in [5.41, 5.74) is 0. The van der Waals surface area contributed by atoms with Crippen molar-refractivity contribution in [3.63, 3.8) is 0 Å². The van der Waals surface area contributed by atoms with Crippen LogP contribution in [0.5, 0.6) is 0 Å². The molecule has 0 aromatic rings. The van der Waals surface area contributed by atoms with Gasteiger partial charge < -0.3 is 10.1 Å². The van der Waals surface area contributed by atoms with E-state index in [0.717, 1.165) is 0 Å². The number of carbonyl (C=O) groups is 1. The second kappa shape index (κ2) is 9.80. The monoisotopic (exact) mass is 304 g/mol. The Kier molecular flexibility index (Phi) is 9.29. The van der Waals surface area contributed by atoms with Gasteiger partial charge in [0.15, 0.2) is 5.17 Å². The summed E-state index contributed by atoms with van der Waals surface area (Å²) in [6, 6.07) is 0. The maximum atomic E-state index is 13.4. The molecule has 0 aromatic carbocycles. The predicted octanol–water partition coefficient (Wildman–Crippen LogP) is 2.99. The number of allylic oxidation sites excluding steroid dienone is 1. The summed E-state index contributed by atoms with van der Waals surface area (Å²) in [5.74, 6) is -0.807. The Morgan fingerprint density at radius 3 is 2.55 bits per heavy atom. The van der Waals surface area contributed by atoms with E-state index in [1.54, 1.807) is 13.0 Å². The van der Waals surface area contributed by atoms with Crippen LogP contribution in [0.4, 0.5) is 4.39 Å². The molecule has 20 heavy (non-hydrogen) atoms. The minimum atomic E-state index is -0.936. The number of nitrogens with one attached hydrogen (secondary N) is 2. The van der Waals surface area contributed by atoms with Crippen molar-refractivity contribution in [3.05, 3.63) is 12.7 Å². The number of amidine groups is 1. The van der Waals surface area contributed by atoms with Crippen LogP contribution >= 0.6 is 11.8 Å². The van der Waals surface area contributed by atoms with Crippen LogP contribution in [-0.2, 0) is 9.53 Å². The van der Waals surface area contributed by atoms with Gasteiger partial charge in [0, 0.05) is 11.8 Å². The van der Waals surface area contributed by atoms with Crippen LogP contribution in [-0.4, -0.2) is 36.2 Å². The first-order chi connectivity index (χ1) is 9.33. The minimum Gasteiger partial charge on any atom is -0.469 e. The Morgan fingerprint density at radius 1 is 1.50 bits per heavy atom. The summed E-state index contributed by atoms with van der Waals surface area (Å²) in [6.45, 7) is 9.08. The third-order valence-corrected chi connectivity index (χ3v) is 4.46. The number of ether oxygens (including phenoxy) is 1. The van der Waals surface area contributed by atoms with Crippen molar-refractivity contribution >= 4 is 22.9 Å². The van der Waals surface area contributed by atoms with Gasteiger partial charge in [-0.05, 0) is 19.3 Å². The molecule has 0 aliphatic rings. The molecular weight excluding hydrogens is 279 g/mol. The molecule has 0 saturated heterocycles. The molecule has 0 rings (SSSR count). The Bertz CT molecular complexity index is 337. The Hall–Kier alpha value is -1.04. The summed E-state index contributed by atoms with van der Waals surface area (Å²) in [4.78, 5) is 11.2. The van der Waals surface area contributed by atoms with Crippen molar-refractivity contribution in [1.82, 2.24) is 5.32 Å². The summed E-state index contributed by atoms with van der Waals surface area (Å²) < 4.78 is 18.0. The molecule has 0 spiro atoms. The van der Waals surface area contributed by atoms with Gasteiger partial charge in [-0.2, -0.15) is 0 Å². The van der Waals surface area contributed by atoms with Gasteiger partial charge in [0.1, 0.15) is 6.17 Å². The lowest BCUT2D eigenvalue weighted by Gasteiger charge is -2.24. The largest absolute Gasteiger partial charge is 0.469 e. The Morgan fingerprint density at radius 2 is 2.10 bits per heavy atom. The van der Waals surface area contributed by atoms with E-state index in [1.807, 2.05) is 6.92 Å². The number of hydrogen-bond donors (Lipinski definition) is 2.